The third-order valence-electron chi connectivity index (χ3n) is 6.03. The molecule has 0 amide bonds. The summed E-state index contributed by atoms with van der Waals surface area (Å²) < 4.78 is 0. The maximum Gasteiger partial charge on any atom is 0.336 e. The minimum Gasteiger partial charge on any atom is -0.478 e. The minimum absolute atomic E-state index is 0.00430. The first kappa shape index (κ1) is 22.1. The summed E-state index contributed by atoms with van der Waals surface area (Å²) in [6, 6.07) is 40.6. The molecule has 1 N–H and O–H groups in total. The fraction of sp³-hybridized carbons (Fsp3) is 0. The van der Waals surface area contributed by atoms with Crippen LogP contribution in [0.3, 0.4) is 0 Å². The van der Waals surface area contributed by atoms with Gasteiger partial charge in [0.25, 0.3) is 0 Å². The van der Waals surface area contributed by atoms with E-state index < -0.39 is 5.97 Å². The number of carboxylic acid groups (broad SMARTS) is 1. The molecule has 0 aliphatic heterocycles. The predicted molar refractivity (Wildman–Crippen MR) is 140 cm³/mol. The number of rotatable bonds is 6. The number of hydrogen-bond donors (Lipinski definition) is 1. The molecule has 0 unspecified atom stereocenters. The van der Waals surface area contributed by atoms with E-state index in [0.717, 1.165) is 33.4 Å². The Morgan fingerprint density at radius 2 is 0.829 bits per heavy atom. The van der Waals surface area contributed by atoms with Gasteiger partial charge >= 0.3 is 5.97 Å². The third kappa shape index (κ3) is 4.66. The number of ketones is 1. The van der Waals surface area contributed by atoms with Gasteiger partial charge in [-0.2, -0.15) is 0 Å². The second-order valence-electron chi connectivity index (χ2n) is 8.29. The summed E-state index contributed by atoms with van der Waals surface area (Å²) in [5, 5.41) is 9.44. The zero-order chi connectivity index (χ0) is 24.2. The maximum atomic E-state index is 13.0. The molecule has 0 fully saturated rings. The van der Waals surface area contributed by atoms with Gasteiger partial charge in [0.15, 0.2) is 5.78 Å². The average molecular weight is 455 g/mol. The number of carboxylic acids is 1. The minimum atomic E-state index is -1.11. The van der Waals surface area contributed by atoms with E-state index in [-0.39, 0.29) is 16.9 Å². The van der Waals surface area contributed by atoms with Crippen LogP contribution in [0.1, 0.15) is 26.3 Å². The van der Waals surface area contributed by atoms with Crippen molar-refractivity contribution in [2.24, 2.45) is 0 Å². The monoisotopic (exact) mass is 454 g/mol. The Morgan fingerprint density at radius 1 is 0.429 bits per heavy atom. The molecule has 0 bridgehead atoms. The summed E-state index contributed by atoms with van der Waals surface area (Å²) in [6.07, 6.45) is 0. The molecule has 5 rings (SSSR count). The van der Waals surface area contributed by atoms with Crippen LogP contribution in [-0.4, -0.2) is 16.9 Å². The Morgan fingerprint density at radius 3 is 1.29 bits per heavy atom. The molecule has 0 saturated heterocycles. The van der Waals surface area contributed by atoms with Crippen LogP contribution in [-0.2, 0) is 0 Å². The Hall–Kier alpha value is -4.76. The van der Waals surface area contributed by atoms with Crippen LogP contribution in [0.25, 0.3) is 33.4 Å². The lowest BCUT2D eigenvalue weighted by Crippen LogP contribution is -2.09. The molecule has 0 aliphatic rings. The molecule has 0 saturated carbocycles. The van der Waals surface area contributed by atoms with Crippen molar-refractivity contribution in [1.29, 1.82) is 0 Å². The van der Waals surface area contributed by atoms with Crippen LogP contribution in [0, 0.1) is 0 Å². The predicted octanol–water partition coefficient (Wildman–Crippen LogP) is 7.62. The molecule has 3 nitrogen and oxygen atoms in total. The molecule has 0 spiro atoms. The summed E-state index contributed by atoms with van der Waals surface area (Å²) in [4.78, 5) is 24.6. The standard InChI is InChI=1S/C32H22O3/c33-31(29-13-7-8-14-30(29)32(34)35)25-17-15-24(16-18-25)28-20-26(22-9-3-1-4-10-22)19-27(21-28)23-11-5-2-6-12-23/h1-21H,(H,34,35). The maximum absolute atomic E-state index is 13.0. The van der Waals surface area contributed by atoms with E-state index in [1.54, 1.807) is 30.3 Å². The number of aromatic carboxylic acids is 1. The fourth-order valence-corrected chi connectivity index (χ4v) is 4.23. The van der Waals surface area contributed by atoms with Crippen molar-refractivity contribution in [2.75, 3.05) is 0 Å². The highest BCUT2D eigenvalue weighted by Gasteiger charge is 2.17. The summed E-state index contributed by atoms with van der Waals surface area (Å²) in [7, 11) is 0. The molecule has 0 aromatic heterocycles. The summed E-state index contributed by atoms with van der Waals surface area (Å²) in [6.45, 7) is 0. The summed E-state index contributed by atoms with van der Waals surface area (Å²) in [5.74, 6) is -1.42. The van der Waals surface area contributed by atoms with Gasteiger partial charge in [0.05, 0.1) is 5.56 Å². The number of hydrogen-bond acceptors (Lipinski definition) is 2. The van der Waals surface area contributed by atoms with Gasteiger partial charge in [-0.25, -0.2) is 4.79 Å². The largest absolute Gasteiger partial charge is 0.478 e. The van der Waals surface area contributed by atoms with Gasteiger partial charge in [0.2, 0.25) is 0 Å². The van der Waals surface area contributed by atoms with Crippen molar-refractivity contribution in [2.45, 2.75) is 0 Å². The lowest BCUT2D eigenvalue weighted by atomic mass is 9.92. The SMILES string of the molecule is O=C(O)c1ccccc1C(=O)c1ccc(-c2cc(-c3ccccc3)cc(-c3ccccc3)c2)cc1. The van der Waals surface area contributed by atoms with Crippen LogP contribution in [0.5, 0.6) is 0 Å². The normalized spacial score (nSPS) is 10.6. The zero-order valence-electron chi connectivity index (χ0n) is 18.9. The molecule has 0 atom stereocenters. The van der Waals surface area contributed by atoms with E-state index in [1.165, 1.54) is 6.07 Å². The topological polar surface area (TPSA) is 54.4 Å². The highest BCUT2D eigenvalue weighted by Crippen LogP contribution is 2.33. The van der Waals surface area contributed by atoms with Gasteiger partial charge in [-0.05, 0) is 57.6 Å². The second-order valence-corrected chi connectivity index (χ2v) is 8.29. The van der Waals surface area contributed by atoms with E-state index in [9.17, 15) is 14.7 Å². The third-order valence-corrected chi connectivity index (χ3v) is 6.03. The van der Waals surface area contributed by atoms with Crippen molar-refractivity contribution in [3.63, 3.8) is 0 Å². The Labute approximate surface area is 204 Å². The highest BCUT2D eigenvalue weighted by atomic mass is 16.4. The van der Waals surface area contributed by atoms with Gasteiger partial charge in [0, 0.05) is 11.1 Å². The first-order chi connectivity index (χ1) is 17.1. The summed E-state index contributed by atoms with van der Waals surface area (Å²) in [5.41, 5.74) is 7.13. The van der Waals surface area contributed by atoms with Crippen molar-refractivity contribution in [1.82, 2.24) is 0 Å². The van der Waals surface area contributed by atoms with Crippen molar-refractivity contribution in [3.8, 4) is 33.4 Å². The number of carbonyl (C=O) groups is 2. The van der Waals surface area contributed by atoms with E-state index in [0.29, 0.717) is 5.56 Å². The first-order valence-electron chi connectivity index (χ1n) is 11.3. The molecule has 5 aromatic rings. The zero-order valence-corrected chi connectivity index (χ0v) is 18.9. The lowest BCUT2D eigenvalue weighted by Gasteiger charge is -2.12. The average Bonchev–Trinajstić information content (AvgIpc) is 2.93. The highest BCUT2D eigenvalue weighted by molar-refractivity contribution is 6.14. The molecular formula is C32H22O3. The van der Waals surface area contributed by atoms with Crippen molar-refractivity contribution < 1.29 is 14.7 Å². The van der Waals surface area contributed by atoms with Crippen molar-refractivity contribution >= 4 is 11.8 Å². The van der Waals surface area contributed by atoms with Crippen LogP contribution in [0.15, 0.2) is 127 Å². The number of benzene rings is 5. The van der Waals surface area contributed by atoms with E-state index in [2.05, 4.69) is 42.5 Å². The first-order valence-corrected chi connectivity index (χ1v) is 11.3. The van der Waals surface area contributed by atoms with E-state index in [4.69, 9.17) is 0 Å². The molecule has 5 aromatic carbocycles. The van der Waals surface area contributed by atoms with Gasteiger partial charge in [-0.1, -0.05) is 103 Å². The molecule has 0 heterocycles. The number of carbonyl (C=O) groups excluding carboxylic acids is 1. The quantitative estimate of drug-likeness (QED) is 0.269. The Balaban J connectivity index is 1.55. The van der Waals surface area contributed by atoms with Gasteiger partial charge in [-0.15, -0.1) is 0 Å². The van der Waals surface area contributed by atoms with Gasteiger partial charge in [0.1, 0.15) is 0 Å². The van der Waals surface area contributed by atoms with Crippen LogP contribution >= 0.6 is 0 Å². The van der Waals surface area contributed by atoms with Crippen LogP contribution < -0.4 is 0 Å². The van der Waals surface area contributed by atoms with Gasteiger partial charge in [-0.3, -0.25) is 4.79 Å². The Kier molecular flexibility index (Phi) is 6.06. The molecule has 0 radical (unpaired) electrons. The van der Waals surface area contributed by atoms with E-state index >= 15 is 0 Å². The summed E-state index contributed by atoms with van der Waals surface area (Å²) >= 11 is 0. The molecule has 3 heteroatoms. The fourth-order valence-electron chi connectivity index (χ4n) is 4.23. The van der Waals surface area contributed by atoms with Crippen LogP contribution in [0.4, 0.5) is 0 Å². The Bertz CT molecular complexity index is 1440. The van der Waals surface area contributed by atoms with Crippen molar-refractivity contribution in [3.05, 3.63) is 144 Å². The van der Waals surface area contributed by atoms with E-state index in [1.807, 2.05) is 48.5 Å². The molecule has 0 aliphatic carbocycles. The van der Waals surface area contributed by atoms with Crippen LogP contribution in [0.2, 0.25) is 0 Å². The van der Waals surface area contributed by atoms with Gasteiger partial charge < -0.3 is 5.11 Å². The molecule has 168 valence electrons. The second kappa shape index (κ2) is 9.62. The lowest BCUT2D eigenvalue weighted by molar-refractivity contribution is 0.0693. The smallest absolute Gasteiger partial charge is 0.336 e. The molecule has 35 heavy (non-hydrogen) atoms. The molecular weight excluding hydrogens is 432 g/mol.